The van der Waals surface area contributed by atoms with Gasteiger partial charge in [-0.3, -0.25) is 14.4 Å². The molecule has 0 aliphatic heterocycles. The van der Waals surface area contributed by atoms with Crippen molar-refractivity contribution in [1.29, 1.82) is 0 Å². The molecule has 2 aromatic heterocycles. The average molecular weight is 430 g/mol. The third-order valence-corrected chi connectivity index (χ3v) is 3.76. The largest absolute Gasteiger partial charge is 0.444 e. The van der Waals surface area contributed by atoms with Gasteiger partial charge in [-0.25, -0.2) is 0 Å². The summed E-state index contributed by atoms with van der Waals surface area (Å²) in [7, 11) is 0. The predicted molar refractivity (Wildman–Crippen MR) is 99.3 cm³/mol. The standard InChI is InChI=1S/C17H12BrN5O4/c18-13-6-5-12(27-13)17(26)20-10-3-1-2-9(8-10)16(25)21-14-7-4-11(15(19)24)22-23-14/h1-8H,(H2,19,24)(H,20,26)(H,21,23,25). The van der Waals surface area contributed by atoms with Crippen LogP contribution in [-0.2, 0) is 0 Å². The van der Waals surface area contributed by atoms with Gasteiger partial charge in [0, 0.05) is 11.3 Å². The van der Waals surface area contributed by atoms with E-state index < -0.39 is 17.7 Å². The minimum atomic E-state index is -0.715. The van der Waals surface area contributed by atoms with Crippen molar-refractivity contribution in [1.82, 2.24) is 10.2 Å². The summed E-state index contributed by atoms with van der Waals surface area (Å²) < 4.78 is 5.61. The summed E-state index contributed by atoms with van der Waals surface area (Å²) in [5, 5.41) is 12.5. The first-order valence-electron chi connectivity index (χ1n) is 7.54. The van der Waals surface area contributed by atoms with Gasteiger partial charge in [0.05, 0.1) is 0 Å². The number of furan rings is 1. The normalized spacial score (nSPS) is 10.3. The first-order valence-corrected chi connectivity index (χ1v) is 8.33. The van der Waals surface area contributed by atoms with Crippen LogP contribution < -0.4 is 16.4 Å². The van der Waals surface area contributed by atoms with Crippen LogP contribution in [0, 0.1) is 0 Å². The molecular formula is C17H12BrN5O4. The van der Waals surface area contributed by atoms with Crippen molar-refractivity contribution in [2.24, 2.45) is 5.73 Å². The number of anilines is 2. The lowest BCUT2D eigenvalue weighted by Crippen LogP contribution is -2.17. The number of nitrogens with one attached hydrogen (secondary N) is 2. The monoisotopic (exact) mass is 429 g/mol. The Labute approximate surface area is 161 Å². The average Bonchev–Trinajstić information content (AvgIpc) is 3.09. The molecule has 0 radical (unpaired) electrons. The van der Waals surface area contributed by atoms with E-state index in [1.807, 2.05) is 0 Å². The number of benzene rings is 1. The predicted octanol–water partition coefficient (Wildman–Crippen LogP) is 2.44. The Bertz CT molecular complexity index is 1020. The van der Waals surface area contributed by atoms with Crippen molar-refractivity contribution in [3.63, 3.8) is 0 Å². The maximum absolute atomic E-state index is 12.3. The van der Waals surface area contributed by atoms with Gasteiger partial charge in [0.25, 0.3) is 17.7 Å². The molecule has 0 aliphatic carbocycles. The lowest BCUT2D eigenvalue weighted by atomic mass is 10.2. The van der Waals surface area contributed by atoms with Gasteiger partial charge >= 0.3 is 0 Å². The fourth-order valence-corrected chi connectivity index (χ4v) is 2.39. The number of halogens is 1. The highest BCUT2D eigenvalue weighted by Gasteiger charge is 2.13. The van der Waals surface area contributed by atoms with Gasteiger partial charge < -0.3 is 20.8 Å². The summed E-state index contributed by atoms with van der Waals surface area (Å²) in [6.45, 7) is 0. The van der Waals surface area contributed by atoms with E-state index in [0.717, 1.165) is 0 Å². The van der Waals surface area contributed by atoms with Crippen LogP contribution in [-0.4, -0.2) is 27.9 Å². The molecule has 1 aromatic carbocycles. The molecule has 0 fully saturated rings. The van der Waals surface area contributed by atoms with Crippen LogP contribution in [0.5, 0.6) is 0 Å². The number of rotatable bonds is 5. The van der Waals surface area contributed by atoms with E-state index in [1.54, 1.807) is 24.3 Å². The highest BCUT2D eigenvalue weighted by molar-refractivity contribution is 9.10. The van der Waals surface area contributed by atoms with E-state index in [2.05, 4.69) is 36.8 Å². The van der Waals surface area contributed by atoms with Gasteiger partial charge in [0.2, 0.25) is 0 Å². The number of nitrogens with two attached hydrogens (primary N) is 1. The van der Waals surface area contributed by atoms with Crippen LogP contribution in [0.3, 0.4) is 0 Å². The molecule has 0 aliphatic rings. The Hall–Kier alpha value is -3.53. The van der Waals surface area contributed by atoms with Crippen LogP contribution in [0.4, 0.5) is 11.5 Å². The lowest BCUT2D eigenvalue weighted by Gasteiger charge is -2.07. The molecule has 9 nitrogen and oxygen atoms in total. The molecule has 3 aromatic rings. The van der Waals surface area contributed by atoms with Crippen LogP contribution in [0.1, 0.15) is 31.4 Å². The van der Waals surface area contributed by atoms with Crippen molar-refractivity contribution in [2.75, 3.05) is 10.6 Å². The maximum atomic E-state index is 12.3. The Balaban J connectivity index is 1.69. The van der Waals surface area contributed by atoms with Gasteiger partial charge in [0.15, 0.2) is 21.9 Å². The molecule has 0 spiro atoms. The maximum Gasteiger partial charge on any atom is 0.291 e. The molecular weight excluding hydrogens is 418 g/mol. The highest BCUT2D eigenvalue weighted by atomic mass is 79.9. The van der Waals surface area contributed by atoms with Crippen molar-refractivity contribution >= 4 is 45.2 Å². The van der Waals surface area contributed by atoms with Gasteiger partial charge in [0.1, 0.15) is 0 Å². The van der Waals surface area contributed by atoms with Crippen molar-refractivity contribution in [3.05, 3.63) is 70.2 Å². The van der Waals surface area contributed by atoms with E-state index in [1.165, 1.54) is 24.3 Å². The topological polar surface area (TPSA) is 140 Å². The molecule has 0 bridgehead atoms. The third kappa shape index (κ3) is 4.55. The van der Waals surface area contributed by atoms with Crippen molar-refractivity contribution < 1.29 is 18.8 Å². The van der Waals surface area contributed by atoms with E-state index in [-0.39, 0.29) is 22.8 Å². The first-order chi connectivity index (χ1) is 12.9. The first kappa shape index (κ1) is 18.3. The fraction of sp³-hybridized carbons (Fsp3) is 0. The van der Waals surface area contributed by atoms with E-state index in [0.29, 0.717) is 10.4 Å². The van der Waals surface area contributed by atoms with Crippen LogP contribution in [0.25, 0.3) is 0 Å². The number of aromatic nitrogens is 2. The summed E-state index contributed by atoms with van der Waals surface area (Å²) in [4.78, 5) is 35.4. The lowest BCUT2D eigenvalue weighted by molar-refractivity contribution is 0.0987. The second-order valence-corrected chi connectivity index (χ2v) is 6.04. The SMILES string of the molecule is NC(=O)c1ccc(NC(=O)c2cccc(NC(=O)c3ccc(Br)o3)c2)nn1. The second kappa shape index (κ2) is 7.79. The number of amides is 3. The zero-order valence-corrected chi connectivity index (χ0v) is 15.2. The molecule has 10 heteroatoms. The van der Waals surface area contributed by atoms with Gasteiger partial charge in [-0.05, 0) is 58.4 Å². The molecule has 0 atom stereocenters. The molecule has 3 amide bonds. The molecule has 0 unspecified atom stereocenters. The van der Waals surface area contributed by atoms with Crippen LogP contribution in [0.15, 0.2) is 57.6 Å². The number of carbonyl (C=O) groups is 3. The van der Waals surface area contributed by atoms with E-state index in [4.69, 9.17) is 10.2 Å². The second-order valence-electron chi connectivity index (χ2n) is 5.26. The minimum absolute atomic E-state index is 0.0118. The summed E-state index contributed by atoms with van der Waals surface area (Å²) in [6, 6.07) is 12.2. The zero-order chi connectivity index (χ0) is 19.4. The highest BCUT2D eigenvalue weighted by Crippen LogP contribution is 2.17. The van der Waals surface area contributed by atoms with Crippen LogP contribution >= 0.6 is 15.9 Å². The number of nitrogens with zero attached hydrogens (tertiary/aromatic N) is 2. The molecule has 27 heavy (non-hydrogen) atoms. The number of hydrogen-bond acceptors (Lipinski definition) is 6. The van der Waals surface area contributed by atoms with E-state index in [9.17, 15) is 14.4 Å². The van der Waals surface area contributed by atoms with Gasteiger partial charge in [-0.1, -0.05) is 6.07 Å². The summed E-state index contributed by atoms with van der Waals surface area (Å²) in [6.07, 6.45) is 0. The smallest absolute Gasteiger partial charge is 0.291 e. The van der Waals surface area contributed by atoms with E-state index >= 15 is 0 Å². The minimum Gasteiger partial charge on any atom is -0.444 e. The fourth-order valence-electron chi connectivity index (χ4n) is 2.09. The van der Waals surface area contributed by atoms with Crippen molar-refractivity contribution in [3.8, 4) is 0 Å². The Morgan fingerprint density at radius 2 is 1.78 bits per heavy atom. The molecule has 0 saturated heterocycles. The van der Waals surface area contributed by atoms with Gasteiger partial charge in [-0.2, -0.15) is 0 Å². The zero-order valence-electron chi connectivity index (χ0n) is 13.6. The van der Waals surface area contributed by atoms with Crippen LogP contribution in [0.2, 0.25) is 0 Å². The Morgan fingerprint density at radius 1 is 0.963 bits per heavy atom. The Kier molecular flexibility index (Phi) is 5.27. The molecule has 3 rings (SSSR count). The quantitative estimate of drug-likeness (QED) is 0.568. The van der Waals surface area contributed by atoms with Crippen molar-refractivity contribution in [2.45, 2.75) is 0 Å². The molecule has 136 valence electrons. The summed E-state index contributed by atoms with van der Waals surface area (Å²) in [5.41, 5.74) is 5.77. The number of hydrogen-bond donors (Lipinski definition) is 3. The summed E-state index contributed by atoms with van der Waals surface area (Å²) >= 11 is 3.12. The Morgan fingerprint density at radius 3 is 2.41 bits per heavy atom. The molecule has 0 saturated carbocycles. The third-order valence-electron chi connectivity index (χ3n) is 3.34. The molecule has 4 N–H and O–H groups in total. The number of carbonyl (C=O) groups excluding carboxylic acids is 3. The molecule has 2 heterocycles. The number of primary amides is 1. The van der Waals surface area contributed by atoms with Gasteiger partial charge in [-0.15, -0.1) is 10.2 Å². The summed E-state index contributed by atoms with van der Waals surface area (Å²) in [5.74, 6) is -1.35.